The number of aliphatic hydroxyl groups is 1. The second-order valence-electron chi connectivity index (χ2n) is 6.30. The van der Waals surface area contributed by atoms with Gasteiger partial charge < -0.3 is 24.8 Å². The minimum absolute atomic E-state index is 0.0392. The fraction of sp³-hybridized carbons (Fsp3) is 0.444. The van der Waals surface area contributed by atoms with Crippen molar-refractivity contribution in [3.63, 3.8) is 0 Å². The van der Waals surface area contributed by atoms with Gasteiger partial charge in [-0.15, -0.1) is 0 Å². The number of carbonyl (C=O) groups excluding carboxylic acids is 2. The maximum Gasteiger partial charge on any atom is 0.416 e. The number of aliphatic hydroxyl groups excluding tert-OH is 1. The molecule has 1 aliphatic heterocycles. The highest BCUT2D eigenvalue weighted by Crippen LogP contribution is 2.37. The molecule has 28 heavy (non-hydrogen) atoms. The van der Waals surface area contributed by atoms with E-state index in [1.54, 1.807) is 13.8 Å². The number of β-amino-alcohol motifs (C(OH)–C–C–N with tert-alkyl or cyclic N) is 1. The van der Waals surface area contributed by atoms with Crippen molar-refractivity contribution < 1.29 is 37.3 Å². The predicted octanol–water partition coefficient (Wildman–Crippen LogP) is 2.17. The molecule has 1 aliphatic rings. The molecular formula is C18H21F3N2O5. The van der Waals surface area contributed by atoms with Crippen LogP contribution in [-0.2, 0) is 20.5 Å². The number of hydrogen-bond donors (Lipinski definition) is 2. The Bertz CT molecular complexity index is 790. The van der Waals surface area contributed by atoms with Crippen LogP contribution in [0.4, 0.5) is 18.9 Å². The molecule has 0 saturated carbocycles. The van der Waals surface area contributed by atoms with E-state index in [0.29, 0.717) is 0 Å². The van der Waals surface area contributed by atoms with Crippen LogP contribution in [0.15, 0.2) is 29.5 Å². The highest BCUT2D eigenvalue weighted by atomic mass is 19.4. The Hall–Kier alpha value is -2.75. The molecule has 0 unspecified atom stereocenters. The van der Waals surface area contributed by atoms with Crippen LogP contribution in [0.25, 0.3) is 0 Å². The monoisotopic (exact) mass is 402 g/mol. The zero-order valence-corrected chi connectivity index (χ0v) is 15.6. The first-order valence-electron chi connectivity index (χ1n) is 8.45. The van der Waals surface area contributed by atoms with E-state index in [4.69, 9.17) is 9.84 Å². The SMILES string of the molecule is COC(=O)C1=C(Nc2cc(C(F)(F)F)ccc2OC(C)C)C(=O)N(CCO)C1. The van der Waals surface area contributed by atoms with E-state index in [-0.39, 0.29) is 48.5 Å². The van der Waals surface area contributed by atoms with Gasteiger partial charge in [0.25, 0.3) is 5.91 Å². The molecule has 10 heteroatoms. The highest BCUT2D eigenvalue weighted by molar-refractivity contribution is 6.08. The molecule has 0 spiro atoms. The number of anilines is 1. The van der Waals surface area contributed by atoms with Crippen molar-refractivity contribution in [2.45, 2.75) is 26.1 Å². The molecule has 0 radical (unpaired) electrons. The number of halogens is 3. The molecule has 0 atom stereocenters. The van der Waals surface area contributed by atoms with Gasteiger partial charge in [-0.25, -0.2) is 4.79 Å². The number of hydrogen-bond acceptors (Lipinski definition) is 6. The maximum absolute atomic E-state index is 13.1. The van der Waals surface area contributed by atoms with Gasteiger partial charge in [0, 0.05) is 6.54 Å². The van der Waals surface area contributed by atoms with E-state index in [1.165, 1.54) is 4.90 Å². The van der Waals surface area contributed by atoms with Crippen molar-refractivity contribution in [3.05, 3.63) is 35.0 Å². The van der Waals surface area contributed by atoms with E-state index < -0.39 is 23.6 Å². The Labute approximate surface area is 159 Å². The van der Waals surface area contributed by atoms with E-state index >= 15 is 0 Å². The lowest BCUT2D eigenvalue weighted by atomic mass is 10.1. The van der Waals surface area contributed by atoms with Crippen LogP contribution in [0.1, 0.15) is 19.4 Å². The molecule has 0 aliphatic carbocycles. The summed E-state index contributed by atoms with van der Waals surface area (Å²) in [7, 11) is 1.13. The van der Waals surface area contributed by atoms with Gasteiger partial charge >= 0.3 is 12.1 Å². The van der Waals surface area contributed by atoms with E-state index in [0.717, 1.165) is 25.3 Å². The largest absolute Gasteiger partial charge is 0.489 e. The predicted molar refractivity (Wildman–Crippen MR) is 93.5 cm³/mol. The van der Waals surface area contributed by atoms with Crippen LogP contribution in [0.3, 0.4) is 0 Å². The summed E-state index contributed by atoms with van der Waals surface area (Å²) in [5, 5.41) is 11.7. The normalized spacial score (nSPS) is 14.7. The number of ether oxygens (including phenoxy) is 2. The van der Waals surface area contributed by atoms with E-state index in [9.17, 15) is 22.8 Å². The molecule has 0 bridgehead atoms. The average molecular weight is 402 g/mol. The molecule has 154 valence electrons. The molecule has 2 N–H and O–H groups in total. The van der Waals surface area contributed by atoms with Gasteiger partial charge in [-0.3, -0.25) is 4.79 Å². The summed E-state index contributed by atoms with van der Waals surface area (Å²) in [4.78, 5) is 25.8. The van der Waals surface area contributed by atoms with Gasteiger partial charge in [-0.05, 0) is 32.0 Å². The van der Waals surface area contributed by atoms with Crippen LogP contribution >= 0.6 is 0 Å². The Morgan fingerprint density at radius 2 is 2.04 bits per heavy atom. The second-order valence-corrected chi connectivity index (χ2v) is 6.30. The number of benzene rings is 1. The third-order valence-corrected chi connectivity index (χ3v) is 3.88. The van der Waals surface area contributed by atoms with Crippen molar-refractivity contribution >= 4 is 17.6 Å². The highest BCUT2D eigenvalue weighted by Gasteiger charge is 2.36. The van der Waals surface area contributed by atoms with Crippen molar-refractivity contribution in [2.75, 3.05) is 32.1 Å². The topological polar surface area (TPSA) is 88.1 Å². The van der Waals surface area contributed by atoms with Crippen molar-refractivity contribution in [1.29, 1.82) is 0 Å². The van der Waals surface area contributed by atoms with Gasteiger partial charge in [0.05, 0.1) is 43.2 Å². The molecule has 0 aromatic heterocycles. The smallest absolute Gasteiger partial charge is 0.416 e. The molecule has 1 amide bonds. The summed E-state index contributed by atoms with van der Waals surface area (Å²) in [6.07, 6.45) is -4.94. The molecule has 0 fully saturated rings. The molecule has 1 aromatic rings. The summed E-state index contributed by atoms with van der Waals surface area (Å²) in [6, 6.07) is 2.82. The lowest BCUT2D eigenvalue weighted by molar-refractivity contribution is -0.138. The number of amides is 1. The number of methoxy groups -OCH3 is 1. The van der Waals surface area contributed by atoms with E-state index in [2.05, 4.69) is 10.1 Å². The number of rotatable bonds is 7. The molecule has 1 heterocycles. The summed E-state index contributed by atoms with van der Waals surface area (Å²) in [6.45, 7) is 2.89. The molecule has 0 saturated heterocycles. The quantitative estimate of drug-likeness (QED) is 0.680. The molecular weight excluding hydrogens is 381 g/mol. The van der Waals surface area contributed by atoms with Crippen LogP contribution in [-0.4, -0.2) is 54.8 Å². The Balaban J connectivity index is 2.49. The number of esters is 1. The zero-order chi connectivity index (χ0) is 21.1. The first-order valence-corrected chi connectivity index (χ1v) is 8.45. The van der Waals surface area contributed by atoms with Crippen LogP contribution in [0, 0.1) is 0 Å². The third-order valence-electron chi connectivity index (χ3n) is 3.88. The number of carbonyl (C=O) groups is 2. The van der Waals surface area contributed by atoms with Crippen molar-refractivity contribution in [2.24, 2.45) is 0 Å². The fourth-order valence-electron chi connectivity index (χ4n) is 2.64. The van der Waals surface area contributed by atoms with Crippen LogP contribution in [0.2, 0.25) is 0 Å². The Morgan fingerprint density at radius 3 is 2.57 bits per heavy atom. The average Bonchev–Trinajstić information content (AvgIpc) is 2.91. The van der Waals surface area contributed by atoms with Gasteiger partial charge in [0.2, 0.25) is 0 Å². The minimum atomic E-state index is -4.60. The van der Waals surface area contributed by atoms with Crippen molar-refractivity contribution in [3.8, 4) is 5.75 Å². The van der Waals surface area contributed by atoms with Crippen molar-refractivity contribution in [1.82, 2.24) is 4.90 Å². The summed E-state index contributed by atoms with van der Waals surface area (Å²) < 4.78 is 49.5. The van der Waals surface area contributed by atoms with E-state index in [1.807, 2.05) is 0 Å². The zero-order valence-electron chi connectivity index (χ0n) is 15.6. The van der Waals surface area contributed by atoms with Gasteiger partial charge in [-0.2, -0.15) is 13.2 Å². The summed E-state index contributed by atoms with van der Waals surface area (Å²) in [5.74, 6) is -1.34. The van der Waals surface area contributed by atoms with Crippen LogP contribution < -0.4 is 10.1 Å². The molecule has 7 nitrogen and oxygen atoms in total. The second kappa shape index (κ2) is 8.51. The Kier molecular flexibility index (Phi) is 6.55. The third kappa shape index (κ3) is 4.75. The summed E-state index contributed by atoms with van der Waals surface area (Å²) in [5.41, 5.74) is -1.31. The van der Waals surface area contributed by atoms with Gasteiger partial charge in [-0.1, -0.05) is 0 Å². The maximum atomic E-state index is 13.1. The lowest BCUT2D eigenvalue weighted by Gasteiger charge is -2.19. The first kappa shape index (κ1) is 21.5. The molecule has 1 aromatic carbocycles. The standard InChI is InChI=1S/C18H21F3N2O5/c1-10(2)28-14-5-4-11(18(19,20)21)8-13(14)22-15-12(17(26)27-3)9-23(6-7-24)16(15)25/h4-5,8,10,22,24H,6-7,9H2,1-3H3. The molecule has 2 rings (SSSR count). The van der Waals surface area contributed by atoms with Gasteiger partial charge in [0.15, 0.2) is 0 Å². The number of alkyl halides is 3. The van der Waals surface area contributed by atoms with Gasteiger partial charge in [0.1, 0.15) is 11.4 Å². The Morgan fingerprint density at radius 1 is 1.36 bits per heavy atom. The number of nitrogens with zero attached hydrogens (tertiary/aromatic N) is 1. The first-order chi connectivity index (χ1) is 13.1. The van der Waals surface area contributed by atoms with Crippen LogP contribution in [0.5, 0.6) is 5.75 Å². The minimum Gasteiger partial charge on any atom is -0.489 e. The lowest BCUT2D eigenvalue weighted by Crippen LogP contribution is -2.31. The summed E-state index contributed by atoms with van der Waals surface area (Å²) >= 11 is 0. The number of nitrogens with one attached hydrogen (secondary N) is 1. The fourth-order valence-corrected chi connectivity index (χ4v) is 2.64.